The molecule has 1 aromatic carbocycles. The molecule has 0 saturated carbocycles. The van der Waals surface area contributed by atoms with Crippen LogP contribution in [0.5, 0.6) is 0 Å². The van der Waals surface area contributed by atoms with Crippen LogP contribution in [0.25, 0.3) is 0 Å². The second-order valence-electron chi connectivity index (χ2n) is 3.97. The first-order valence-corrected chi connectivity index (χ1v) is 7.03. The van der Waals surface area contributed by atoms with E-state index in [0.29, 0.717) is 13.2 Å². The van der Waals surface area contributed by atoms with Gasteiger partial charge in [0.1, 0.15) is 0 Å². The summed E-state index contributed by atoms with van der Waals surface area (Å²) in [5.74, 6) is -1.02. The Hall–Kier alpha value is -1.92. The van der Waals surface area contributed by atoms with Gasteiger partial charge in [0.15, 0.2) is 0 Å². The van der Waals surface area contributed by atoms with Gasteiger partial charge in [-0.1, -0.05) is 12.1 Å². The Labute approximate surface area is 131 Å². The van der Waals surface area contributed by atoms with Crippen molar-refractivity contribution in [2.75, 3.05) is 40.6 Å². The summed E-state index contributed by atoms with van der Waals surface area (Å²) in [7, 11) is 3.30. The first-order chi connectivity index (χ1) is 10.6. The van der Waals surface area contributed by atoms with E-state index in [-0.39, 0.29) is 24.3 Å². The van der Waals surface area contributed by atoms with Gasteiger partial charge in [-0.3, -0.25) is 0 Å². The fourth-order valence-corrected chi connectivity index (χ4v) is 1.42. The van der Waals surface area contributed by atoms with E-state index in [1.807, 2.05) is 0 Å². The van der Waals surface area contributed by atoms with Gasteiger partial charge in [-0.25, -0.2) is 9.59 Å². The van der Waals surface area contributed by atoms with E-state index in [1.165, 1.54) is 0 Å². The summed E-state index contributed by atoms with van der Waals surface area (Å²) in [4.78, 5) is 23.1. The largest absolute Gasteiger partial charge is 0.462 e. The van der Waals surface area contributed by atoms with Crippen LogP contribution < -0.4 is 0 Å². The molecule has 0 aliphatic carbocycles. The molecule has 0 bridgehead atoms. The number of carbonyl (C=O) groups is 2. The molecule has 1 aromatic rings. The molecular weight excluding hydrogens is 288 g/mol. The maximum atomic E-state index is 11.5. The van der Waals surface area contributed by atoms with E-state index in [9.17, 15) is 9.59 Å². The Kier molecular flexibility index (Phi) is 11.7. The summed E-state index contributed by atoms with van der Waals surface area (Å²) in [6.07, 6.45) is 0. The van der Waals surface area contributed by atoms with Crippen LogP contribution in [0.4, 0.5) is 0 Å². The maximum Gasteiger partial charge on any atom is 0.338 e. The lowest BCUT2D eigenvalue weighted by molar-refractivity contribution is 0.0479. The van der Waals surface area contributed by atoms with Gasteiger partial charge in [-0.05, 0) is 26.0 Å². The molecule has 6 heteroatoms. The zero-order valence-electron chi connectivity index (χ0n) is 13.6. The van der Waals surface area contributed by atoms with Crippen molar-refractivity contribution in [2.24, 2.45) is 0 Å². The number of hydrogen-bond donors (Lipinski definition) is 0. The molecule has 0 fully saturated rings. The number of benzene rings is 1. The molecule has 22 heavy (non-hydrogen) atoms. The maximum absolute atomic E-state index is 11.5. The van der Waals surface area contributed by atoms with Crippen LogP contribution in [-0.2, 0) is 18.9 Å². The fraction of sp³-hybridized carbons (Fsp3) is 0.500. The summed E-state index contributed by atoms with van der Waals surface area (Å²) in [5.41, 5.74) is 0.477. The Morgan fingerprint density at radius 1 is 0.818 bits per heavy atom. The van der Waals surface area contributed by atoms with Crippen molar-refractivity contribution >= 4 is 11.9 Å². The molecule has 0 atom stereocenters. The highest BCUT2D eigenvalue weighted by molar-refractivity contribution is 6.03. The second kappa shape index (κ2) is 12.8. The van der Waals surface area contributed by atoms with Gasteiger partial charge < -0.3 is 18.9 Å². The highest BCUT2D eigenvalue weighted by atomic mass is 16.5. The van der Waals surface area contributed by atoms with Crippen molar-refractivity contribution in [3.05, 3.63) is 35.4 Å². The van der Waals surface area contributed by atoms with Gasteiger partial charge in [0.25, 0.3) is 0 Å². The van der Waals surface area contributed by atoms with Crippen LogP contribution in [0, 0.1) is 0 Å². The molecule has 0 unspecified atom stereocenters. The Morgan fingerprint density at radius 2 is 1.18 bits per heavy atom. The Bertz CT molecular complexity index is 403. The molecule has 1 rings (SSSR count). The summed E-state index contributed by atoms with van der Waals surface area (Å²) >= 11 is 0. The number of esters is 2. The molecule has 0 heterocycles. The normalized spacial score (nSPS) is 9.45. The van der Waals surface area contributed by atoms with Crippen LogP contribution in [-0.4, -0.2) is 52.6 Å². The molecular formula is C16H24O6. The lowest BCUT2D eigenvalue weighted by atomic mass is 10.1. The quantitative estimate of drug-likeness (QED) is 0.568. The predicted octanol–water partition coefficient (Wildman–Crippen LogP) is 2.32. The first kappa shape index (κ1) is 20.1. The van der Waals surface area contributed by atoms with E-state index in [0.717, 1.165) is 0 Å². The van der Waals surface area contributed by atoms with Crippen molar-refractivity contribution in [2.45, 2.75) is 13.8 Å². The molecule has 0 N–H and O–H groups in total. The lowest BCUT2D eigenvalue weighted by Crippen LogP contribution is -2.13. The molecule has 0 aliphatic rings. The van der Waals surface area contributed by atoms with E-state index >= 15 is 0 Å². The minimum absolute atomic E-state index is 0.239. The molecule has 0 amide bonds. The average Bonchev–Trinajstić information content (AvgIpc) is 2.54. The third-order valence-corrected chi connectivity index (χ3v) is 2.41. The van der Waals surface area contributed by atoms with Crippen molar-refractivity contribution in [3.8, 4) is 0 Å². The number of carbonyl (C=O) groups excluding carboxylic acids is 2. The zero-order chi connectivity index (χ0) is 16.8. The van der Waals surface area contributed by atoms with Crippen LogP contribution in [0.15, 0.2) is 24.3 Å². The third-order valence-electron chi connectivity index (χ3n) is 2.41. The summed E-state index contributed by atoms with van der Waals surface area (Å²) < 4.78 is 19.0. The molecule has 0 radical (unpaired) electrons. The number of ether oxygens (including phenoxy) is 4. The highest BCUT2D eigenvalue weighted by Crippen LogP contribution is 2.11. The van der Waals surface area contributed by atoms with Gasteiger partial charge in [0.2, 0.25) is 0 Å². The number of hydrogen-bond acceptors (Lipinski definition) is 6. The summed E-state index contributed by atoms with van der Waals surface area (Å²) in [5, 5.41) is 0. The minimum Gasteiger partial charge on any atom is -0.462 e. The molecule has 0 spiro atoms. The topological polar surface area (TPSA) is 71.1 Å². The first-order valence-electron chi connectivity index (χ1n) is 7.03. The van der Waals surface area contributed by atoms with Gasteiger partial charge in [-0.2, -0.15) is 0 Å². The van der Waals surface area contributed by atoms with Crippen molar-refractivity contribution < 1.29 is 28.5 Å². The van der Waals surface area contributed by atoms with E-state index in [1.54, 1.807) is 52.3 Å². The van der Waals surface area contributed by atoms with Crippen LogP contribution in [0.1, 0.15) is 34.6 Å². The molecule has 0 saturated heterocycles. The molecule has 0 aliphatic heterocycles. The SMILES string of the molecule is CCOC(=O)c1ccccc1C(=O)OCC.COCCOC. The standard InChI is InChI=1S/C12H14O4.C4H10O2/c1-3-15-11(13)9-7-5-6-8-10(9)12(14)16-4-2;1-5-3-4-6-2/h5-8H,3-4H2,1-2H3;3-4H2,1-2H3. The van der Waals surface area contributed by atoms with Crippen LogP contribution in [0.3, 0.4) is 0 Å². The molecule has 124 valence electrons. The van der Waals surface area contributed by atoms with E-state index < -0.39 is 11.9 Å². The molecule has 0 aromatic heterocycles. The Balaban J connectivity index is 0.000000626. The summed E-state index contributed by atoms with van der Waals surface area (Å²) in [6, 6.07) is 6.44. The van der Waals surface area contributed by atoms with Crippen molar-refractivity contribution in [1.29, 1.82) is 0 Å². The number of rotatable bonds is 7. The van der Waals surface area contributed by atoms with Gasteiger partial charge in [0.05, 0.1) is 37.6 Å². The van der Waals surface area contributed by atoms with Gasteiger partial charge in [-0.15, -0.1) is 0 Å². The average molecular weight is 312 g/mol. The molecule has 6 nitrogen and oxygen atoms in total. The van der Waals surface area contributed by atoms with Gasteiger partial charge in [0, 0.05) is 14.2 Å². The van der Waals surface area contributed by atoms with Crippen LogP contribution >= 0.6 is 0 Å². The second-order valence-corrected chi connectivity index (χ2v) is 3.97. The highest BCUT2D eigenvalue weighted by Gasteiger charge is 2.17. The van der Waals surface area contributed by atoms with Crippen molar-refractivity contribution in [1.82, 2.24) is 0 Å². The Morgan fingerprint density at radius 3 is 1.45 bits per heavy atom. The fourth-order valence-electron chi connectivity index (χ4n) is 1.42. The van der Waals surface area contributed by atoms with E-state index in [4.69, 9.17) is 9.47 Å². The third kappa shape index (κ3) is 7.75. The minimum atomic E-state index is -0.508. The smallest absolute Gasteiger partial charge is 0.338 e. The van der Waals surface area contributed by atoms with E-state index in [2.05, 4.69) is 9.47 Å². The lowest BCUT2D eigenvalue weighted by Gasteiger charge is -2.07. The van der Waals surface area contributed by atoms with Crippen LogP contribution in [0.2, 0.25) is 0 Å². The monoisotopic (exact) mass is 312 g/mol. The zero-order valence-corrected chi connectivity index (χ0v) is 13.6. The summed E-state index contributed by atoms with van der Waals surface area (Å²) in [6.45, 7) is 5.36. The predicted molar refractivity (Wildman–Crippen MR) is 82.1 cm³/mol. The number of methoxy groups -OCH3 is 2. The van der Waals surface area contributed by atoms with Crippen molar-refractivity contribution in [3.63, 3.8) is 0 Å². The van der Waals surface area contributed by atoms with Gasteiger partial charge >= 0.3 is 11.9 Å².